The van der Waals surface area contributed by atoms with Crippen LogP contribution in [0.25, 0.3) is 0 Å². The molecular formula is C24H31N5O3. The van der Waals surface area contributed by atoms with E-state index in [0.29, 0.717) is 30.2 Å². The number of benzene rings is 2. The summed E-state index contributed by atoms with van der Waals surface area (Å²) < 4.78 is 0. The lowest BCUT2D eigenvalue weighted by atomic mass is 9.97. The summed E-state index contributed by atoms with van der Waals surface area (Å²) >= 11 is 0. The number of rotatable bonds is 6. The van der Waals surface area contributed by atoms with Gasteiger partial charge in [0.15, 0.2) is 0 Å². The van der Waals surface area contributed by atoms with Crippen LogP contribution in [0.5, 0.6) is 0 Å². The molecule has 0 bridgehead atoms. The van der Waals surface area contributed by atoms with Crippen molar-refractivity contribution in [2.75, 3.05) is 29.0 Å². The number of likely N-dealkylation sites (tertiary alicyclic amines) is 1. The first kappa shape index (κ1) is 23.1. The molecule has 3 rings (SSSR count). The summed E-state index contributed by atoms with van der Waals surface area (Å²) in [5.74, 6) is -0.167. The smallest absolute Gasteiger partial charge is 0.323 e. The van der Waals surface area contributed by atoms with E-state index in [-0.39, 0.29) is 29.9 Å². The van der Waals surface area contributed by atoms with Crippen LogP contribution in [0, 0.1) is 5.92 Å². The molecule has 2 aromatic rings. The van der Waals surface area contributed by atoms with Crippen LogP contribution >= 0.6 is 0 Å². The van der Waals surface area contributed by atoms with Crippen molar-refractivity contribution >= 4 is 35.0 Å². The number of piperidine rings is 1. The minimum absolute atomic E-state index is 0.0149. The highest BCUT2D eigenvalue weighted by molar-refractivity contribution is 6.00. The lowest BCUT2D eigenvalue weighted by Gasteiger charge is -2.32. The number of amides is 5. The van der Waals surface area contributed by atoms with Gasteiger partial charge >= 0.3 is 12.1 Å². The van der Waals surface area contributed by atoms with Crippen molar-refractivity contribution in [2.45, 2.75) is 39.2 Å². The van der Waals surface area contributed by atoms with Gasteiger partial charge in [-0.05, 0) is 62.6 Å². The van der Waals surface area contributed by atoms with Crippen molar-refractivity contribution in [3.63, 3.8) is 0 Å². The fraction of sp³-hybridized carbons (Fsp3) is 0.375. The van der Waals surface area contributed by atoms with Crippen molar-refractivity contribution < 1.29 is 14.4 Å². The Morgan fingerprint density at radius 2 is 1.53 bits per heavy atom. The van der Waals surface area contributed by atoms with Gasteiger partial charge in [-0.15, -0.1) is 0 Å². The highest BCUT2D eigenvalue weighted by Crippen LogP contribution is 2.19. The maximum Gasteiger partial charge on any atom is 0.323 e. The number of para-hydroxylation sites is 1. The third-order valence-corrected chi connectivity index (χ3v) is 5.51. The first-order chi connectivity index (χ1) is 15.4. The fourth-order valence-corrected chi connectivity index (χ4v) is 3.49. The van der Waals surface area contributed by atoms with E-state index >= 15 is 0 Å². The highest BCUT2D eigenvalue weighted by atomic mass is 16.2. The van der Waals surface area contributed by atoms with Gasteiger partial charge < -0.3 is 26.2 Å². The number of anilines is 3. The van der Waals surface area contributed by atoms with Gasteiger partial charge in [-0.3, -0.25) is 4.79 Å². The maximum absolute atomic E-state index is 12.7. The Bertz CT molecular complexity index is 917. The van der Waals surface area contributed by atoms with Crippen LogP contribution in [0.1, 0.15) is 33.1 Å². The van der Waals surface area contributed by atoms with Gasteiger partial charge in [0, 0.05) is 36.2 Å². The third kappa shape index (κ3) is 6.73. The molecule has 0 aliphatic carbocycles. The lowest BCUT2D eigenvalue weighted by Crippen LogP contribution is -2.48. The standard InChI is InChI=1S/C24H31N5O3/c1-3-17(2)25-22(30)18-8-7-15-29(16-18)24(32)28-21-13-11-20(12-14-21)27-23(31)26-19-9-5-4-6-10-19/h4-6,9-14,17-18H,3,7-8,15-16H2,1-2H3,(H,25,30)(H,28,32)(H2,26,27,31)/t17-,18-/m0/s1. The second kappa shape index (κ2) is 11.2. The van der Waals surface area contributed by atoms with Crippen LogP contribution in [-0.4, -0.2) is 42.0 Å². The number of carbonyl (C=O) groups is 3. The van der Waals surface area contributed by atoms with Crippen LogP contribution in [-0.2, 0) is 4.79 Å². The van der Waals surface area contributed by atoms with Gasteiger partial charge in [0.2, 0.25) is 5.91 Å². The van der Waals surface area contributed by atoms with Crippen LogP contribution < -0.4 is 21.3 Å². The second-order valence-corrected chi connectivity index (χ2v) is 8.06. The second-order valence-electron chi connectivity index (χ2n) is 8.06. The average molecular weight is 438 g/mol. The molecule has 32 heavy (non-hydrogen) atoms. The molecule has 2 aromatic carbocycles. The summed E-state index contributed by atoms with van der Waals surface area (Å²) in [6.07, 6.45) is 2.46. The normalized spacial score (nSPS) is 16.6. The van der Waals surface area contributed by atoms with E-state index in [4.69, 9.17) is 0 Å². The van der Waals surface area contributed by atoms with Crippen LogP contribution in [0.2, 0.25) is 0 Å². The zero-order valence-corrected chi connectivity index (χ0v) is 18.6. The van der Waals surface area contributed by atoms with Gasteiger partial charge in [-0.1, -0.05) is 25.1 Å². The van der Waals surface area contributed by atoms with Gasteiger partial charge in [-0.25, -0.2) is 9.59 Å². The molecule has 1 heterocycles. The quantitative estimate of drug-likeness (QED) is 0.535. The van der Waals surface area contributed by atoms with Crippen molar-refractivity contribution in [1.29, 1.82) is 0 Å². The monoisotopic (exact) mass is 437 g/mol. The Balaban J connectivity index is 1.49. The first-order valence-electron chi connectivity index (χ1n) is 11.0. The number of nitrogens with one attached hydrogen (secondary N) is 4. The molecule has 1 aliphatic rings. The zero-order chi connectivity index (χ0) is 22.9. The summed E-state index contributed by atoms with van der Waals surface area (Å²) in [4.78, 5) is 38.9. The molecular weight excluding hydrogens is 406 g/mol. The van der Waals surface area contributed by atoms with E-state index in [0.717, 1.165) is 19.3 Å². The number of carbonyl (C=O) groups excluding carboxylic acids is 3. The lowest BCUT2D eigenvalue weighted by molar-refractivity contribution is -0.126. The number of nitrogens with zero attached hydrogens (tertiary/aromatic N) is 1. The van der Waals surface area contributed by atoms with Gasteiger partial charge in [0.1, 0.15) is 0 Å². The predicted octanol–water partition coefficient (Wildman–Crippen LogP) is 4.49. The zero-order valence-electron chi connectivity index (χ0n) is 18.6. The molecule has 1 fully saturated rings. The van der Waals surface area contributed by atoms with E-state index in [1.165, 1.54) is 0 Å². The Hall–Kier alpha value is -3.55. The van der Waals surface area contributed by atoms with Crippen LogP contribution in [0.15, 0.2) is 54.6 Å². The van der Waals surface area contributed by atoms with Crippen molar-refractivity contribution in [3.8, 4) is 0 Å². The Morgan fingerprint density at radius 3 is 2.16 bits per heavy atom. The maximum atomic E-state index is 12.7. The molecule has 8 heteroatoms. The molecule has 0 aromatic heterocycles. The molecule has 0 saturated carbocycles. The molecule has 0 radical (unpaired) electrons. The Morgan fingerprint density at radius 1 is 0.938 bits per heavy atom. The number of hydrogen-bond donors (Lipinski definition) is 4. The number of hydrogen-bond acceptors (Lipinski definition) is 3. The average Bonchev–Trinajstić information content (AvgIpc) is 2.81. The third-order valence-electron chi connectivity index (χ3n) is 5.51. The van der Waals surface area contributed by atoms with Gasteiger partial charge in [-0.2, -0.15) is 0 Å². The minimum Gasteiger partial charge on any atom is -0.353 e. The summed E-state index contributed by atoms with van der Waals surface area (Å²) in [7, 11) is 0. The van der Waals surface area contributed by atoms with Gasteiger partial charge in [0.25, 0.3) is 0 Å². The summed E-state index contributed by atoms with van der Waals surface area (Å²) in [6.45, 7) is 5.04. The van der Waals surface area contributed by atoms with Crippen molar-refractivity contribution in [2.24, 2.45) is 5.92 Å². The van der Waals surface area contributed by atoms with Crippen molar-refractivity contribution in [3.05, 3.63) is 54.6 Å². The number of urea groups is 2. The summed E-state index contributed by atoms with van der Waals surface area (Å²) in [5.41, 5.74) is 1.93. The molecule has 8 nitrogen and oxygen atoms in total. The SMILES string of the molecule is CC[C@H](C)NC(=O)[C@H]1CCCN(C(=O)Nc2ccc(NC(=O)Nc3ccccc3)cc2)C1. The molecule has 4 N–H and O–H groups in total. The van der Waals surface area contributed by atoms with E-state index in [1.807, 2.05) is 32.0 Å². The fourth-order valence-electron chi connectivity index (χ4n) is 3.49. The predicted molar refractivity (Wildman–Crippen MR) is 127 cm³/mol. The topological polar surface area (TPSA) is 103 Å². The molecule has 0 spiro atoms. The van der Waals surface area contributed by atoms with Crippen LogP contribution in [0.4, 0.5) is 26.7 Å². The summed E-state index contributed by atoms with van der Waals surface area (Å²) in [5, 5.41) is 11.4. The summed E-state index contributed by atoms with van der Waals surface area (Å²) in [6, 6.07) is 15.6. The molecule has 0 unspecified atom stereocenters. The van der Waals surface area contributed by atoms with E-state index < -0.39 is 0 Å². The van der Waals surface area contributed by atoms with Gasteiger partial charge in [0.05, 0.1) is 5.92 Å². The molecule has 5 amide bonds. The Labute approximate surface area is 188 Å². The van der Waals surface area contributed by atoms with E-state index in [1.54, 1.807) is 41.3 Å². The molecule has 2 atom stereocenters. The van der Waals surface area contributed by atoms with E-state index in [2.05, 4.69) is 21.3 Å². The first-order valence-corrected chi connectivity index (χ1v) is 11.0. The highest BCUT2D eigenvalue weighted by Gasteiger charge is 2.28. The molecule has 1 aliphatic heterocycles. The molecule has 1 saturated heterocycles. The van der Waals surface area contributed by atoms with Crippen LogP contribution in [0.3, 0.4) is 0 Å². The van der Waals surface area contributed by atoms with E-state index in [9.17, 15) is 14.4 Å². The van der Waals surface area contributed by atoms with Crippen molar-refractivity contribution in [1.82, 2.24) is 10.2 Å². The minimum atomic E-state index is -0.344. The largest absolute Gasteiger partial charge is 0.353 e. The molecule has 170 valence electrons. The Kier molecular flexibility index (Phi) is 8.08.